The van der Waals surface area contributed by atoms with Crippen molar-refractivity contribution in [2.24, 2.45) is 0 Å². The monoisotopic (exact) mass is 387 g/mol. The molecule has 5 aromatic rings. The highest BCUT2D eigenvalue weighted by Gasteiger charge is 2.17. The molecule has 136 valence electrons. The van der Waals surface area contributed by atoms with Crippen LogP contribution in [0.5, 0.6) is 0 Å². The van der Waals surface area contributed by atoms with E-state index in [1.165, 1.54) is 23.9 Å². The van der Waals surface area contributed by atoms with Crippen molar-refractivity contribution in [2.45, 2.75) is 5.16 Å². The van der Waals surface area contributed by atoms with Crippen LogP contribution in [0.25, 0.3) is 27.6 Å². The Hall–Kier alpha value is -3.25. The molecule has 0 fully saturated rings. The van der Waals surface area contributed by atoms with Crippen LogP contribution in [-0.2, 0) is 0 Å². The average molecular weight is 387 g/mol. The van der Waals surface area contributed by atoms with Crippen LogP contribution in [-0.4, -0.2) is 25.9 Å². The molecule has 0 aliphatic carbocycles. The van der Waals surface area contributed by atoms with E-state index in [-0.39, 0.29) is 17.1 Å². The van der Waals surface area contributed by atoms with Crippen molar-refractivity contribution in [1.29, 1.82) is 0 Å². The van der Waals surface area contributed by atoms with Crippen LogP contribution in [0, 0.1) is 5.82 Å². The normalized spacial score (nSPS) is 11.5. The molecule has 0 unspecified atom stereocenters. The summed E-state index contributed by atoms with van der Waals surface area (Å²) < 4.78 is 15.9. The number of hydrogen-bond acceptors (Lipinski definition) is 4. The van der Waals surface area contributed by atoms with Crippen LogP contribution < -0.4 is 0 Å². The van der Waals surface area contributed by atoms with Gasteiger partial charge in [-0.05, 0) is 36.4 Å². The molecule has 5 rings (SSSR count). The molecule has 3 aromatic carbocycles. The third kappa shape index (κ3) is 2.73. The van der Waals surface area contributed by atoms with Gasteiger partial charge in [0.25, 0.3) is 0 Å². The van der Waals surface area contributed by atoms with E-state index < -0.39 is 5.82 Å². The van der Waals surface area contributed by atoms with Crippen LogP contribution in [0.3, 0.4) is 0 Å². The number of carbonyl (C=O) groups is 1. The van der Waals surface area contributed by atoms with Gasteiger partial charge in [-0.1, -0.05) is 48.2 Å². The quantitative estimate of drug-likeness (QED) is 0.243. The van der Waals surface area contributed by atoms with E-state index in [4.69, 9.17) is 9.97 Å². The Kier molecular flexibility index (Phi) is 4.06. The highest BCUT2D eigenvalue weighted by atomic mass is 32.2. The van der Waals surface area contributed by atoms with Crippen LogP contribution in [0.2, 0.25) is 0 Å². The predicted molar refractivity (Wildman–Crippen MR) is 109 cm³/mol. The van der Waals surface area contributed by atoms with E-state index in [0.717, 1.165) is 27.6 Å². The number of imidazole rings is 1. The molecule has 0 aliphatic heterocycles. The summed E-state index contributed by atoms with van der Waals surface area (Å²) in [6.07, 6.45) is 0. The van der Waals surface area contributed by atoms with Gasteiger partial charge in [-0.3, -0.25) is 9.20 Å². The lowest BCUT2D eigenvalue weighted by Crippen LogP contribution is -2.06. The molecule has 0 saturated heterocycles. The molecule has 0 radical (unpaired) electrons. The Balaban J connectivity index is 1.63. The van der Waals surface area contributed by atoms with Gasteiger partial charge in [-0.15, -0.1) is 0 Å². The molecule has 0 N–H and O–H groups in total. The Morgan fingerprint density at radius 3 is 2.46 bits per heavy atom. The molecule has 0 atom stereocenters. The van der Waals surface area contributed by atoms with Gasteiger partial charge >= 0.3 is 0 Å². The first-order chi connectivity index (χ1) is 13.7. The number of Topliss-reactive ketones (excluding diaryl/α,β-unsaturated/α-hetero) is 1. The number of hydrogen-bond donors (Lipinski definition) is 0. The second kappa shape index (κ2) is 6.73. The van der Waals surface area contributed by atoms with Crippen molar-refractivity contribution in [3.8, 4) is 0 Å². The third-order valence-corrected chi connectivity index (χ3v) is 5.56. The van der Waals surface area contributed by atoms with Crippen molar-refractivity contribution >= 4 is 45.1 Å². The molecule has 6 heteroatoms. The molecule has 4 nitrogen and oxygen atoms in total. The van der Waals surface area contributed by atoms with E-state index in [9.17, 15) is 9.18 Å². The van der Waals surface area contributed by atoms with Gasteiger partial charge in [0.1, 0.15) is 11.5 Å². The smallest absolute Gasteiger partial charge is 0.176 e. The summed E-state index contributed by atoms with van der Waals surface area (Å²) in [4.78, 5) is 22.0. The Bertz CT molecular complexity index is 1360. The number of nitrogens with zero attached hydrogens (tertiary/aromatic N) is 3. The number of rotatable bonds is 4. The summed E-state index contributed by atoms with van der Waals surface area (Å²) >= 11 is 1.29. The van der Waals surface area contributed by atoms with E-state index in [1.807, 2.05) is 52.9 Å². The minimum absolute atomic E-state index is 0.0912. The highest BCUT2D eigenvalue weighted by molar-refractivity contribution is 7.99. The van der Waals surface area contributed by atoms with E-state index in [2.05, 4.69) is 0 Å². The minimum Gasteiger partial charge on any atom is -0.293 e. The maximum absolute atomic E-state index is 13.9. The first-order valence-corrected chi connectivity index (χ1v) is 9.77. The van der Waals surface area contributed by atoms with Crippen molar-refractivity contribution in [1.82, 2.24) is 14.4 Å². The number of carbonyl (C=O) groups excluding carboxylic acids is 1. The zero-order chi connectivity index (χ0) is 19.1. The molecule has 0 bridgehead atoms. The Morgan fingerprint density at radius 1 is 0.893 bits per heavy atom. The van der Waals surface area contributed by atoms with Gasteiger partial charge in [0, 0.05) is 5.39 Å². The van der Waals surface area contributed by atoms with Crippen LogP contribution in [0.15, 0.2) is 78.0 Å². The Labute approximate surface area is 164 Å². The fourth-order valence-electron chi connectivity index (χ4n) is 3.31. The summed E-state index contributed by atoms with van der Waals surface area (Å²) in [5, 5.41) is 1.61. The molecule has 2 aromatic heterocycles. The first-order valence-electron chi connectivity index (χ1n) is 8.79. The number of thioether (sulfide) groups is 1. The van der Waals surface area contributed by atoms with Gasteiger partial charge in [-0.2, -0.15) is 0 Å². The summed E-state index contributed by atoms with van der Waals surface area (Å²) in [6.45, 7) is 0. The summed E-state index contributed by atoms with van der Waals surface area (Å²) in [5.74, 6) is -0.679. The lowest BCUT2D eigenvalue weighted by Gasteiger charge is -2.08. The molecule has 0 amide bonds. The van der Waals surface area contributed by atoms with Crippen molar-refractivity contribution in [3.05, 3.63) is 84.2 Å². The second-order valence-corrected chi connectivity index (χ2v) is 7.31. The fourth-order valence-corrected chi connectivity index (χ4v) is 4.20. The van der Waals surface area contributed by atoms with E-state index in [0.29, 0.717) is 5.16 Å². The maximum atomic E-state index is 13.9. The van der Waals surface area contributed by atoms with Crippen molar-refractivity contribution < 1.29 is 9.18 Å². The molecule has 0 aliphatic rings. The van der Waals surface area contributed by atoms with Gasteiger partial charge < -0.3 is 0 Å². The molecular weight excluding hydrogens is 373 g/mol. The number of fused-ring (bicyclic) bond motifs is 5. The van der Waals surface area contributed by atoms with Gasteiger partial charge in [0.2, 0.25) is 0 Å². The van der Waals surface area contributed by atoms with Gasteiger partial charge in [-0.25, -0.2) is 14.4 Å². The van der Waals surface area contributed by atoms with Crippen LogP contribution in [0.4, 0.5) is 4.39 Å². The number of benzene rings is 3. The zero-order valence-corrected chi connectivity index (χ0v) is 15.5. The third-order valence-electron chi connectivity index (χ3n) is 4.62. The Morgan fingerprint density at radius 2 is 1.61 bits per heavy atom. The average Bonchev–Trinajstić information content (AvgIpc) is 3.12. The molecule has 2 heterocycles. The number of ketones is 1. The largest absolute Gasteiger partial charge is 0.293 e. The topological polar surface area (TPSA) is 47.3 Å². The summed E-state index contributed by atoms with van der Waals surface area (Å²) in [6, 6.07) is 21.7. The lowest BCUT2D eigenvalue weighted by atomic mass is 10.1. The standard InChI is InChI=1S/C22H14FN3OS/c23-16-9-3-1-7-14(16)20(27)13-28-22-25-17-10-4-2-8-15(17)21-24-18-11-5-6-12-19(18)26(21)22/h1-12H,13H2. The van der Waals surface area contributed by atoms with Crippen LogP contribution >= 0.6 is 11.8 Å². The van der Waals surface area contributed by atoms with E-state index >= 15 is 0 Å². The fraction of sp³-hybridized carbons (Fsp3) is 0.0455. The van der Waals surface area contributed by atoms with Crippen molar-refractivity contribution in [3.63, 3.8) is 0 Å². The summed E-state index contributed by atoms with van der Waals surface area (Å²) in [7, 11) is 0. The first kappa shape index (κ1) is 16.9. The van der Waals surface area contributed by atoms with Gasteiger partial charge in [0.05, 0.1) is 27.9 Å². The number of aromatic nitrogens is 3. The lowest BCUT2D eigenvalue weighted by molar-refractivity contribution is 0.101. The highest BCUT2D eigenvalue weighted by Crippen LogP contribution is 2.29. The predicted octanol–water partition coefficient (Wildman–Crippen LogP) is 5.15. The van der Waals surface area contributed by atoms with E-state index in [1.54, 1.807) is 12.1 Å². The SMILES string of the molecule is O=C(CSc1nc2ccccc2c2nc3ccccc3n12)c1ccccc1F. The van der Waals surface area contributed by atoms with Crippen molar-refractivity contribution in [2.75, 3.05) is 5.75 Å². The second-order valence-electron chi connectivity index (χ2n) is 6.36. The molecule has 0 spiro atoms. The summed E-state index contributed by atoms with van der Waals surface area (Å²) in [5.41, 5.74) is 3.50. The number of para-hydroxylation sites is 3. The van der Waals surface area contributed by atoms with Crippen LogP contribution in [0.1, 0.15) is 10.4 Å². The zero-order valence-electron chi connectivity index (χ0n) is 14.7. The molecule has 28 heavy (non-hydrogen) atoms. The molecule has 0 saturated carbocycles. The van der Waals surface area contributed by atoms with Gasteiger partial charge in [0.15, 0.2) is 10.9 Å². The molecular formula is C22H14FN3OS. The minimum atomic E-state index is -0.502. The maximum Gasteiger partial charge on any atom is 0.176 e. The number of halogens is 1.